The van der Waals surface area contributed by atoms with E-state index in [0.29, 0.717) is 6.42 Å². The minimum absolute atomic E-state index is 0.0291. The second kappa shape index (κ2) is 5.35. The van der Waals surface area contributed by atoms with Crippen molar-refractivity contribution in [1.82, 2.24) is 5.32 Å². The fraction of sp³-hybridized carbons (Fsp3) is 0.909. The maximum Gasteiger partial charge on any atom is 0.223 e. The van der Waals surface area contributed by atoms with E-state index in [1.165, 1.54) is 0 Å². The zero-order valence-electron chi connectivity index (χ0n) is 9.92. The van der Waals surface area contributed by atoms with Crippen molar-refractivity contribution in [2.45, 2.75) is 59.1 Å². The molecule has 2 N–H and O–H groups in total. The van der Waals surface area contributed by atoms with Crippen LogP contribution in [0.3, 0.4) is 0 Å². The number of carbonyl (C=O) groups excluding carboxylic acids is 1. The lowest BCUT2D eigenvalue weighted by Gasteiger charge is -2.22. The predicted octanol–water partition coefficient (Wildman–Crippen LogP) is 1.70. The molecule has 0 bridgehead atoms. The molecule has 0 fully saturated rings. The topological polar surface area (TPSA) is 49.3 Å². The van der Waals surface area contributed by atoms with Crippen molar-refractivity contribution in [3.05, 3.63) is 0 Å². The molecule has 0 spiro atoms. The zero-order chi connectivity index (χ0) is 11.4. The van der Waals surface area contributed by atoms with Crippen molar-refractivity contribution in [2.75, 3.05) is 0 Å². The fourth-order valence-corrected chi connectivity index (χ4v) is 1.33. The van der Waals surface area contributed by atoms with Crippen LogP contribution in [0.25, 0.3) is 0 Å². The lowest BCUT2D eigenvalue weighted by molar-refractivity contribution is -0.127. The molecule has 2 atom stereocenters. The van der Waals surface area contributed by atoms with Crippen LogP contribution in [0, 0.1) is 5.92 Å². The van der Waals surface area contributed by atoms with Gasteiger partial charge in [-0.2, -0.15) is 0 Å². The maximum atomic E-state index is 11.6. The van der Waals surface area contributed by atoms with Gasteiger partial charge in [-0.25, -0.2) is 0 Å². The first kappa shape index (κ1) is 13.4. The van der Waals surface area contributed by atoms with Crippen molar-refractivity contribution < 1.29 is 9.90 Å². The zero-order valence-corrected chi connectivity index (χ0v) is 9.92. The van der Waals surface area contributed by atoms with Gasteiger partial charge in [-0.3, -0.25) is 4.79 Å². The van der Waals surface area contributed by atoms with E-state index >= 15 is 0 Å². The van der Waals surface area contributed by atoms with E-state index in [-0.39, 0.29) is 17.9 Å². The van der Waals surface area contributed by atoms with E-state index in [2.05, 4.69) is 5.32 Å². The van der Waals surface area contributed by atoms with Gasteiger partial charge < -0.3 is 10.4 Å². The van der Waals surface area contributed by atoms with Gasteiger partial charge in [0, 0.05) is 12.0 Å². The Morgan fingerprint density at radius 1 is 1.43 bits per heavy atom. The molecule has 0 aromatic carbocycles. The second-order valence-corrected chi connectivity index (χ2v) is 4.74. The molecule has 0 aromatic heterocycles. The summed E-state index contributed by atoms with van der Waals surface area (Å²) in [7, 11) is 0. The first-order chi connectivity index (χ1) is 6.26. The fourth-order valence-electron chi connectivity index (χ4n) is 1.33. The monoisotopic (exact) mass is 201 g/mol. The number of aliphatic hydroxyl groups is 1. The molecule has 0 aliphatic rings. The normalized spacial score (nSPS) is 16.1. The van der Waals surface area contributed by atoms with Gasteiger partial charge in [0.05, 0.1) is 5.60 Å². The average molecular weight is 201 g/mol. The highest BCUT2D eigenvalue weighted by Crippen LogP contribution is 2.15. The molecule has 3 heteroatoms. The summed E-state index contributed by atoms with van der Waals surface area (Å²) in [6.45, 7) is 9.30. The van der Waals surface area contributed by atoms with Crippen molar-refractivity contribution in [2.24, 2.45) is 5.92 Å². The molecule has 14 heavy (non-hydrogen) atoms. The molecular weight excluding hydrogens is 178 g/mol. The van der Waals surface area contributed by atoms with Gasteiger partial charge in [0.2, 0.25) is 5.91 Å². The van der Waals surface area contributed by atoms with E-state index in [0.717, 1.165) is 6.42 Å². The molecule has 84 valence electrons. The molecule has 2 unspecified atom stereocenters. The van der Waals surface area contributed by atoms with Crippen LogP contribution in [0.2, 0.25) is 0 Å². The number of carbonyl (C=O) groups is 1. The van der Waals surface area contributed by atoms with Crippen LogP contribution >= 0.6 is 0 Å². The Kier molecular flexibility index (Phi) is 5.13. The molecular formula is C11H23NO2. The van der Waals surface area contributed by atoms with Gasteiger partial charge >= 0.3 is 0 Å². The molecule has 3 nitrogen and oxygen atoms in total. The van der Waals surface area contributed by atoms with Gasteiger partial charge in [0.1, 0.15) is 0 Å². The number of amides is 1. The third-order valence-electron chi connectivity index (χ3n) is 2.25. The Labute approximate surface area is 86.9 Å². The summed E-state index contributed by atoms with van der Waals surface area (Å²) < 4.78 is 0. The van der Waals surface area contributed by atoms with E-state index in [1.807, 2.05) is 20.8 Å². The summed E-state index contributed by atoms with van der Waals surface area (Å²) in [6, 6.07) is 0.215. The summed E-state index contributed by atoms with van der Waals surface area (Å²) in [5, 5.41) is 12.5. The largest absolute Gasteiger partial charge is 0.390 e. The SMILES string of the molecule is CCC(C)NC(=O)C(C)CC(C)(C)O. The average Bonchev–Trinajstić information content (AvgIpc) is 2.00. The molecule has 0 saturated heterocycles. The van der Waals surface area contributed by atoms with Crippen LogP contribution in [0.5, 0.6) is 0 Å². The Morgan fingerprint density at radius 3 is 2.29 bits per heavy atom. The first-order valence-corrected chi connectivity index (χ1v) is 5.29. The smallest absolute Gasteiger partial charge is 0.223 e. The van der Waals surface area contributed by atoms with Gasteiger partial charge in [-0.15, -0.1) is 0 Å². The number of hydrogen-bond acceptors (Lipinski definition) is 2. The second-order valence-electron chi connectivity index (χ2n) is 4.74. The van der Waals surface area contributed by atoms with Crippen LogP contribution in [-0.4, -0.2) is 22.7 Å². The van der Waals surface area contributed by atoms with Gasteiger partial charge in [-0.1, -0.05) is 13.8 Å². The highest BCUT2D eigenvalue weighted by atomic mass is 16.3. The third-order valence-corrected chi connectivity index (χ3v) is 2.25. The number of rotatable bonds is 5. The van der Waals surface area contributed by atoms with E-state index in [4.69, 9.17) is 0 Å². The Bertz CT molecular complexity index is 184. The Balaban J connectivity index is 4.00. The predicted molar refractivity (Wildman–Crippen MR) is 58.0 cm³/mol. The van der Waals surface area contributed by atoms with Crippen LogP contribution < -0.4 is 5.32 Å². The molecule has 0 aliphatic heterocycles. The van der Waals surface area contributed by atoms with Crippen LogP contribution in [0.15, 0.2) is 0 Å². The third kappa shape index (κ3) is 5.97. The van der Waals surface area contributed by atoms with Crippen molar-refractivity contribution in [1.29, 1.82) is 0 Å². The van der Waals surface area contributed by atoms with E-state index in [1.54, 1.807) is 13.8 Å². The molecule has 0 rings (SSSR count). The van der Waals surface area contributed by atoms with Crippen molar-refractivity contribution in [3.63, 3.8) is 0 Å². The molecule has 0 aromatic rings. The minimum atomic E-state index is -0.772. The standard InChI is InChI=1S/C11H23NO2/c1-6-9(3)12-10(13)8(2)7-11(4,5)14/h8-9,14H,6-7H2,1-5H3,(H,12,13). The molecule has 0 saturated carbocycles. The lowest BCUT2D eigenvalue weighted by Crippen LogP contribution is -2.38. The molecule has 0 radical (unpaired) electrons. The summed E-state index contributed by atoms with van der Waals surface area (Å²) in [4.78, 5) is 11.6. The number of nitrogens with one attached hydrogen (secondary N) is 1. The van der Waals surface area contributed by atoms with Gasteiger partial charge in [0.15, 0.2) is 0 Å². The Morgan fingerprint density at radius 2 is 1.93 bits per heavy atom. The lowest BCUT2D eigenvalue weighted by atomic mass is 9.94. The van der Waals surface area contributed by atoms with Crippen molar-refractivity contribution in [3.8, 4) is 0 Å². The quantitative estimate of drug-likeness (QED) is 0.711. The van der Waals surface area contributed by atoms with Gasteiger partial charge in [0.25, 0.3) is 0 Å². The summed E-state index contributed by atoms with van der Waals surface area (Å²) in [5.74, 6) is -0.106. The summed E-state index contributed by atoms with van der Waals surface area (Å²) in [5.41, 5.74) is -0.772. The summed E-state index contributed by atoms with van der Waals surface area (Å²) in [6.07, 6.45) is 1.43. The van der Waals surface area contributed by atoms with E-state index < -0.39 is 5.60 Å². The van der Waals surface area contributed by atoms with Crippen LogP contribution in [0.4, 0.5) is 0 Å². The highest BCUT2D eigenvalue weighted by molar-refractivity contribution is 5.78. The van der Waals surface area contributed by atoms with Crippen LogP contribution in [0.1, 0.15) is 47.5 Å². The minimum Gasteiger partial charge on any atom is -0.390 e. The molecule has 0 aliphatic carbocycles. The Hall–Kier alpha value is -0.570. The molecule has 1 amide bonds. The van der Waals surface area contributed by atoms with Crippen LogP contribution in [-0.2, 0) is 4.79 Å². The first-order valence-electron chi connectivity index (χ1n) is 5.29. The molecule has 0 heterocycles. The highest BCUT2D eigenvalue weighted by Gasteiger charge is 2.22. The van der Waals surface area contributed by atoms with Gasteiger partial charge in [-0.05, 0) is 33.6 Å². The maximum absolute atomic E-state index is 11.6. The summed E-state index contributed by atoms with van der Waals surface area (Å²) >= 11 is 0. The van der Waals surface area contributed by atoms with Crippen molar-refractivity contribution >= 4 is 5.91 Å². The van der Waals surface area contributed by atoms with E-state index in [9.17, 15) is 9.90 Å². The number of hydrogen-bond donors (Lipinski definition) is 2.